The molecule has 0 aliphatic rings. The molecular formula is C22H17N3O3. The Balaban J connectivity index is 1.94. The molecule has 0 aliphatic heterocycles. The van der Waals surface area contributed by atoms with E-state index in [9.17, 15) is 14.9 Å². The lowest BCUT2D eigenvalue weighted by molar-refractivity contribution is -0.384. The maximum absolute atomic E-state index is 13.2. The Morgan fingerprint density at radius 2 is 1.79 bits per heavy atom. The molecule has 0 N–H and O–H groups in total. The van der Waals surface area contributed by atoms with Crippen LogP contribution in [0.4, 0.5) is 5.69 Å². The van der Waals surface area contributed by atoms with E-state index in [0.29, 0.717) is 23.1 Å². The summed E-state index contributed by atoms with van der Waals surface area (Å²) in [6, 6.07) is 21.3. The molecule has 4 rings (SSSR count). The van der Waals surface area contributed by atoms with Gasteiger partial charge in [-0.15, -0.1) is 0 Å². The van der Waals surface area contributed by atoms with E-state index in [1.165, 1.54) is 12.1 Å². The fourth-order valence-electron chi connectivity index (χ4n) is 3.29. The third kappa shape index (κ3) is 3.27. The minimum absolute atomic E-state index is 0.0164. The molecule has 0 unspecified atom stereocenters. The largest absolute Gasteiger partial charge is 0.269 e. The summed E-state index contributed by atoms with van der Waals surface area (Å²) < 4.78 is 1.59. The molecule has 0 spiro atoms. The highest BCUT2D eigenvalue weighted by Crippen LogP contribution is 2.19. The van der Waals surface area contributed by atoms with Crippen LogP contribution in [0.5, 0.6) is 0 Å². The third-order valence-corrected chi connectivity index (χ3v) is 4.59. The van der Waals surface area contributed by atoms with E-state index in [1.807, 2.05) is 43.3 Å². The summed E-state index contributed by atoms with van der Waals surface area (Å²) in [5.74, 6) is 0.537. The molecule has 0 atom stereocenters. The second kappa shape index (κ2) is 7.08. The van der Waals surface area contributed by atoms with Gasteiger partial charge in [-0.3, -0.25) is 19.5 Å². The third-order valence-electron chi connectivity index (χ3n) is 4.59. The molecule has 6 nitrogen and oxygen atoms in total. The van der Waals surface area contributed by atoms with Crippen LogP contribution in [0.25, 0.3) is 16.6 Å². The highest BCUT2D eigenvalue weighted by Gasteiger charge is 2.14. The molecule has 1 aromatic heterocycles. The van der Waals surface area contributed by atoms with Gasteiger partial charge >= 0.3 is 0 Å². The van der Waals surface area contributed by atoms with Gasteiger partial charge in [0.05, 0.1) is 21.5 Å². The molecule has 28 heavy (non-hydrogen) atoms. The Hall–Kier alpha value is -3.80. The predicted octanol–water partition coefficient (Wildman–Crippen LogP) is 4.19. The Kier molecular flexibility index (Phi) is 4.45. The summed E-state index contributed by atoms with van der Waals surface area (Å²) in [6.07, 6.45) is 0.301. The molecule has 4 aromatic rings. The molecule has 0 fully saturated rings. The number of nitro benzene ring substituents is 1. The van der Waals surface area contributed by atoms with E-state index in [2.05, 4.69) is 0 Å². The second-order valence-corrected chi connectivity index (χ2v) is 6.63. The van der Waals surface area contributed by atoms with Gasteiger partial charge in [-0.05, 0) is 42.3 Å². The van der Waals surface area contributed by atoms with E-state index in [-0.39, 0.29) is 11.2 Å². The fraction of sp³-hybridized carbons (Fsp3) is 0.0909. The van der Waals surface area contributed by atoms with E-state index in [1.54, 1.807) is 28.8 Å². The molecule has 0 bridgehead atoms. The monoisotopic (exact) mass is 371 g/mol. The zero-order chi connectivity index (χ0) is 19.7. The fourth-order valence-corrected chi connectivity index (χ4v) is 3.29. The normalized spacial score (nSPS) is 10.9. The first kappa shape index (κ1) is 17.6. The number of nitro groups is 1. The van der Waals surface area contributed by atoms with Gasteiger partial charge in [-0.1, -0.05) is 36.4 Å². The van der Waals surface area contributed by atoms with Gasteiger partial charge in [0.2, 0.25) is 0 Å². The lowest BCUT2D eigenvalue weighted by Crippen LogP contribution is -2.24. The molecule has 3 aromatic carbocycles. The highest BCUT2D eigenvalue weighted by molar-refractivity contribution is 5.77. The number of hydrogen-bond donors (Lipinski definition) is 0. The van der Waals surface area contributed by atoms with Crippen LogP contribution in [0, 0.1) is 17.0 Å². The summed E-state index contributed by atoms with van der Waals surface area (Å²) in [6.45, 7) is 1.96. The number of nitrogens with zero attached hydrogens (tertiary/aromatic N) is 3. The van der Waals surface area contributed by atoms with Crippen molar-refractivity contribution in [2.75, 3.05) is 0 Å². The first-order valence-electron chi connectivity index (χ1n) is 8.84. The van der Waals surface area contributed by atoms with E-state index in [4.69, 9.17) is 4.98 Å². The van der Waals surface area contributed by atoms with Gasteiger partial charge in [0, 0.05) is 18.6 Å². The van der Waals surface area contributed by atoms with Crippen molar-refractivity contribution < 1.29 is 4.92 Å². The Morgan fingerprint density at radius 3 is 2.57 bits per heavy atom. The quantitative estimate of drug-likeness (QED) is 0.398. The SMILES string of the molecule is Cc1cccc(-n2c(Cc3cccc([N+](=O)[O-])c3)nc3ccccc3c2=O)c1. The van der Waals surface area contributed by atoms with Crippen molar-refractivity contribution in [3.8, 4) is 5.69 Å². The van der Waals surface area contributed by atoms with Crippen molar-refractivity contribution in [2.45, 2.75) is 13.3 Å². The lowest BCUT2D eigenvalue weighted by atomic mass is 10.1. The van der Waals surface area contributed by atoms with Gasteiger partial charge in [0.1, 0.15) is 5.82 Å². The number of non-ortho nitro benzene ring substituents is 1. The minimum Gasteiger partial charge on any atom is -0.268 e. The molecule has 6 heteroatoms. The van der Waals surface area contributed by atoms with Crippen LogP contribution in [0.1, 0.15) is 17.0 Å². The van der Waals surface area contributed by atoms with Gasteiger partial charge < -0.3 is 0 Å². The first-order chi connectivity index (χ1) is 13.5. The summed E-state index contributed by atoms with van der Waals surface area (Å²) in [5, 5.41) is 11.6. The van der Waals surface area contributed by atoms with Crippen molar-refractivity contribution in [3.63, 3.8) is 0 Å². The lowest BCUT2D eigenvalue weighted by Gasteiger charge is -2.14. The summed E-state index contributed by atoms with van der Waals surface area (Å²) in [4.78, 5) is 28.6. The number of rotatable bonds is 4. The van der Waals surface area contributed by atoms with E-state index in [0.717, 1.165) is 16.8 Å². The van der Waals surface area contributed by atoms with Crippen LogP contribution < -0.4 is 5.56 Å². The van der Waals surface area contributed by atoms with Gasteiger partial charge in [-0.2, -0.15) is 0 Å². The van der Waals surface area contributed by atoms with Crippen molar-refractivity contribution >= 4 is 16.6 Å². The zero-order valence-electron chi connectivity index (χ0n) is 15.2. The smallest absolute Gasteiger partial charge is 0.268 e. The number of hydrogen-bond acceptors (Lipinski definition) is 4. The van der Waals surface area contributed by atoms with E-state index < -0.39 is 4.92 Å². The molecule has 0 saturated carbocycles. The van der Waals surface area contributed by atoms with Gasteiger partial charge in [-0.25, -0.2) is 4.98 Å². The summed E-state index contributed by atoms with van der Waals surface area (Å²) in [7, 11) is 0. The van der Waals surface area contributed by atoms with Crippen molar-refractivity contribution in [1.82, 2.24) is 9.55 Å². The van der Waals surface area contributed by atoms with Crippen LogP contribution in [-0.2, 0) is 6.42 Å². The standard InChI is InChI=1S/C22H17N3O3/c1-15-6-4-8-17(12-15)24-21(14-16-7-5-9-18(13-16)25(27)28)23-20-11-3-2-10-19(20)22(24)26/h2-13H,14H2,1H3. The number of benzene rings is 3. The van der Waals surface area contributed by atoms with Crippen LogP contribution in [0.2, 0.25) is 0 Å². The molecular weight excluding hydrogens is 354 g/mol. The van der Waals surface area contributed by atoms with Crippen LogP contribution in [0.3, 0.4) is 0 Å². The average Bonchev–Trinajstić information content (AvgIpc) is 2.68. The topological polar surface area (TPSA) is 78.0 Å². The number of aryl methyl sites for hydroxylation is 1. The van der Waals surface area contributed by atoms with Gasteiger partial charge in [0.15, 0.2) is 0 Å². The molecule has 0 amide bonds. The zero-order valence-corrected chi connectivity index (χ0v) is 15.2. The maximum atomic E-state index is 13.2. The summed E-state index contributed by atoms with van der Waals surface area (Å²) in [5.41, 5.74) is 2.94. The van der Waals surface area contributed by atoms with Crippen LogP contribution in [0.15, 0.2) is 77.6 Å². The molecule has 0 radical (unpaired) electrons. The second-order valence-electron chi connectivity index (χ2n) is 6.63. The summed E-state index contributed by atoms with van der Waals surface area (Å²) >= 11 is 0. The van der Waals surface area contributed by atoms with Crippen molar-refractivity contribution in [1.29, 1.82) is 0 Å². The average molecular weight is 371 g/mol. The first-order valence-corrected chi connectivity index (χ1v) is 8.84. The molecule has 1 heterocycles. The van der Waals surface area contributed by atoms with E-state index >= 15 is 0 Å². The number of para-hydroxylation sites is 1. The molecule has 138 valence electrons. The Morgan fingerprint density at radius 1 is 1.00 bits per heavy atom. The van der Waals surface area contributed by atoms with Gasteiger partial charge in [0.25, 0.3) is 11.2 Å². The highest BCUT2D eigenvalue weighted by atomic mass is 16.6. The molecule has 0 aliphatic carbocycles. The number of aromatic nitrogens is 2. The van der Waals surface area contributed by atoms with Crippen LogP contribution >= 0.6 is 0 Å². The Labute approximate surface area is 160 Å². The van der Waals surface area contributed by atoms with Crippen LogP contribution in [-0.4, -0.2) is 14.5 Å². The van der Waals surface area contributed by atoms with Crippen molar-refractivity contribution in [3.05, 3.63) is 110 Å². The Bertz CT molecular complexity index is 1260. The maximum Gasteiger partial charge on any atom is 0.269 e. The van der Waals surface area contributed by atoms with Crippen molar-refractivity contribution in [2.24, 2.45) is 0 Å². The number of fused-ring (bicyclic) bond motifs is 1. The predicted molar refractivity (Wildman–Crippen MR) is 108 cm³/mol. The minimum atomic E-state index is -0.426. The molecule has 0 saturated heterocycles.